The lowest BCUT2D eigenvalue weighted by Crippen LogP contribution is -2.40. The third-order valence-electron chi connectivity index (χ3n) is 5.65. The largest absolute Gasteiger partial charge is 0.381 e. The fourth-order valence-corrected chi connectivity index (χ4v) is 4.28. The lowest BCUT2D eigenvalue weighted by Gasteiger charge is -2.33. The number of carbonyl (C=O) groups excluding carboxylic acids is 1. The molecule has 2 aromatic heterocycles. The number of ether oxygens (including phenoxy) is 1. The quantitative estimate of drug-likeness (QED) is 0.784. The minimum absolute atomic E-state index is 0.0170. The zero-order valence-electron chi connectivity index (χ0n) is 15.6. The lowest BCUT2D eigenvalue weighted by molar-refractivity contribution is 0.0641. The predicted molar refractivity (Wildman–Crippen MR) is 98.5 cm³/mol. The van der Waals surface area contributed by atoms with Crippen LogP contribution in [0.5, 0.6) is 0 Å². The van der Waals surface area contributed by atoms with Crippen LogP contribution in [-0.4, -0.2) is 51.9 Å². The van der Waals surface area contributed by atoms with Crippen molar-refractivity contribution < 1.29 is 18.3 Å². The Bertz CT molecular complexity index is 806. The first-order valence-electron chi connectivity index (χ1n) is 9.77. The average Bonchev–Trinajstić information content (AvgIpc) is 3.38. The summed E-state index contributed by atoms with van der Waals surface area (Å²) in [7, 11) is 0. The molecule has 0 spiro atoms. The van der Waals surface area contributed by atoms with Gasteiger partial charge in [-0.05, 0) is 49.7 Å². The first-order chi connectivity index (χ1) is 13.6. The zero-order valence-corrected chi connectivity index (χ0v) is 15.6. The zero-order chi connectivity index (χ0) is 19.5. The van der Waals surface area contributed by atoms with E-state index in [1.165, 1.54) is 18.6 Å². The molecule has 4 rings (SSSR count). The van der Waals surface area contributed by atoms with E-state index in [4.69, 9.17) is 4.74 Å². The molecule has 0 radical (unpaired) electrons. The maximum Gasteiger partial charge on any atom is 0.281 e. The van der Waals surface area contributed by atoms with Gasteiger partial charge in [-0.3, -0.25) is 9.78 Å². The number of hydrogen-bond acceptors (Lipinski definition) is 4. The molecule has 2 saturated heterocycles. The Morgan fingerprint density at radius 3 is 2.79 bits per heavy atom. The average molecular weight is 390 g/mol. The van der Waals surface area contributed by atoms with E-state index in [9.17, 15) is 13.6 Å². The van der Waals surface area contributed by atoms with Gasteiger partial charge in [0.2, 0.25) is 0 Å². The number of nitrogens with zero attached hydrogens (tertiary/aromatic N) is 4. The predicted octanol–water partition coefficient (Wildman–Crippen LogP) is 3.48. The van der Waals surface area contributed by atoms with E-state index in [1.807, 2.05) is 0 Å². The van der Waals surface area contributed by atoms with Gasteiger partial charge in [0.15, 0.2) is 0 Å². The maximum atomic E-state index is 13.8. The summed E-state index contributed by atoms with van der Waals surface area (Å²) in [6.45, 7) is 2.81. The van der Waals surface area contributed by atoms with E-state index >= 15 is 0 Å². The van der Waals surface area contributed by atoms with Crippen LogP contribution in [0.15, 0.2) is 30.7 Å². The normalized spacial score (nSPS) is 22.8. The van der Waals surface area contributed by atoms with Crippen LogP contribution in [0.1, 0.15) is 48.2 Å². The number of pyridine rings is 1. The van der Waals surface area contributed by atoms with Crippen molar-refractivity contribution >= 4 is 5.91 Å². The van der Waals surface area contributed by atoms with Crippen LogP contribution in [0.4, 0.5) is 8.78 Å². The second kappa shape index (κ2) is 8.34. The second-order valence-electron chi connectivity index (χ2n) is 7.59. The van der Waals surface area contributed by atoms with Crippen molar-refractivity contribution in [3.05, 3.63) is 42.0 Å². The van der Waals surface area contributed by atoms with Gasteiger partial charge in [0.25, 0.3) is 12.3 Å². The van der Waals surface area contributed by atoms with E-state index in [-0.39, 0.29) is 17.2 Å². The van der Waals surface area contributed by atoms with E-state index in [0.717, 1.165) is 43.6 Å². The molecule has 1 amide bonds. The first-order valence-corrected chi connectivity index (χ1v) is 9.77. The Morgan fingerprint density at radius 2 is 2.07 bits per heavy atom. The molecule has 2 unspecified atom stereocenters. The number of likely N-dealkylation sites (tertiary alicyclic amines) is 1. The monoisotopic (exact) mass is 390 g/mol. The molecule has 0 bridgehead atoms. The Morgan fingerprint density at radius 1 is 1.25 bits per heavy atom. The maximum absolute atomic E-state index is 13.8. The minimum Gasteiger partial charge on any atom is -0.381 e. The molecule has 2 aromatic rings. The molecule has 0 aromatic carbocycles. The van der Waals surface area contributed by atoms with Crippen LogP contribution in [0.3, 0.4) is 0 Å². The molecule has 150 valence electrons. The summed E-state index contributed by atoms with van der Waals surface area (Å²) in [5.74, 6) is 0.587. The van der Waals surface area contributed by atoms with Crippen molar-refractivity contribution in [1.82, 2.24) is 19.7 Å². The summed E-state index contributed by atoms with van der Waals surface area (Å²) < 4.78 is 34.2. The number of rotatable bonds is 5. The molecular formula is C20H24F2N4O2. The van der Waals surface area contributed by atoms with Crippen LogP contribution in [0.2, 0.25) is 0 Å². The Hall–Kier alpha value is -2.35. The Balaban J connectivity index is 1.53. The molecule has 6 nitrogen and oxygen atoms in total. The Labute approximate surface area is 162 Å². The number of alkyl halides is 2. The number of aromatic nitrogens is 3. The second-order valence-corrected chi connectivity index (χ2v) is 7.59. The Kier molecular flexibility index (Phi) is 5.66. The summed E-state index contributed by atoms with van der Waals surface area (Å²) in [5, 5.41) is 4.07. The van der Waals surface area contributed by atoms with Gasteiger partial charge in [-0.15, -0.1) is 0 Å². The summed E-state index contributed by atoms with van der Waals surface area (Å²) >= 11 is 0. The highest BCUT2D eigenvalue weighted by Crippen LogP contribution is 2.30. The third-order valence-corrected chi connectivity index (χ3v) is 5.65. The van der Waals surface area contributed by atoms with Gasteiger partial charge in [-0.2, -0.15) is 5.10 Å². The van der Waals surface area contributed by atoms with Crippen molar-refractivity contribution in [2.45, 2.75) is 32.1 Å². The van der Waals surface area contributed by atoms with Gasteiger partial charge in [0.05, 0.1) is 17.4 Å². The van der Waals surface area contributed by atoms with E-state index in [2.05, 4.69) is 10.1 Å². The highest BCUT2D eigenvalue weighted by molar-refractivity contribution is 5.95. The summed E-state index contributed by atoms with van der Waals surface area (Å²) in [6.07, 6.45) is 5.54. The van der Waals surface area contributed by atoms with Crippen LogP contribution in [-0.2, 0) is 4.74 Å². The van der Waals surface area contributed by atoms with Crippen molar-refractivity contribution in [3.8, 4) is 5.69 Å². The highest BCUT2D eigenvalue weighted by atomic mass is 19.3. The van der Waals surface area contributed by atoms with Gasteiger partial charge < -0.3 is 9.64 Å². The smallest absolute Gasteiger partial charge is 0.281 e. The van der Waals surface area contributed by atoms with Crippen molar-refractivity contribution in [3.63, 3.8) is 0 Å². The molecule has 2 atom stereocenters. The molecule has 8 heteroatoms. The number of amides is 1. The fraction of sp³-hybridized carbons (Fsp3) is 0.550. The highest BCUT2D eigenvalue weighted by Gasteiger charge is 2.32. The lowest BCUT2D eigenvalue weighted by atomic mass is 9.87. The molecule has 2 aliphatic heterocycles. The van der Waals surface area contributed by atoms with E-state index in [0.29, 0.717) is 30.6 Å². The van der Waals surface area contributed by atoms with Crippen molar-refractivity contribution in [1.29, 1.82) is 0 Å². The summed E-state index contributed by atoms with van der Waals surface area (Å²) in [5.41, 5.74) is 0.0845. The van der Waals surface area contributed by atoms with Crippen LogP contribution in [0.25, 0.3) is 5.69 Å². The van der Waals surface area contributed by atoms with Crippen LogP contribution >= 0.6 is 0 Å². The molecule has 0 N–H and O–H groups in total. The van der Waals surface area contributed by atoms with Crippen LogP contribution < -0.4 is 0 Å². The summed E-state index contributed by atoms with van der Waals surface area (Å²) in [6, 6.07) is 3.18. The third kappa shape index (κ3) is 3.92. The van der Waals surface area contributed by atoms with E-state index in [1.54, 1.807) is 17.0 Å². The minimum atomic E-state index is -2.80. The molecular weight excluding hydrogens is 366 g/mol. The molecule has 2 fully saturated rings. The SMILES string of the molecule is O=C(c1cnn(-c2ccncc2)c1C(F)F)N1CCCC(CC2CCOC2)C1. The number of carbonyl (C=O) groups is 1. The van der Waals surface area contributed by atoms with Gasteiger partial charge >= 0.3 is 0 Å². The topological polar surface area (TPSA) is 60.2 Å². The molecule has 28 heavy (non-hydrogen) atoms. The van der Waals surface area contributed by atoms with Crippen molar-refractivity contribution in [2.75, 3.05) is 26.3 Å². The van der Waals surface area contributed by atoms with E-state index < -0.39 is 6.43 Å². The molecule has 0 saturated carbocycles. The van der Waals surface area contributed by atoms with Gasteiger partial charge in [0.1, 0.15) is 5.69 Å². The van der Waals surface area contributed by atoms with Gasteiger partial charge in [0, 0.05) is 38.7 Å². The van der Waals surface area contributed by atoms with Crippen molar-refractivity contribution in [2.24, 2.45) is 11.8 Å². The van der Waals surface area contributed by atoms with Gasteiger partial charge in [-0.25, -0.2) is 13.5 Å². The summed E-state index contributed by atoms with van der Waals surface area (Å²) in [4.78, 5) is 18.7. The number of hydrogen-bond donors (Lipinski definition) is 0. The van der Waals surface area contributed by atoms with Gasteiger partial charge in [-0.1, -0.05) is 0 Å². The standard InChI is InChI=1S/C20H24F2N4O2/c21-19(22)18-17(11-24-26(18)16-3-6-23-7-4-16)20(27)25-8-1-2-14(12-25)10-15-5-9-28-13-15/h3-4,6-7,11,14-15,19H,1-2,5,8-10,12-13H2. The number of halogens is 2. The fourth-order valence-electron chi connectivity index (χ4n) is 4.28. The molecule has 4 heterocycles. The van der Waals surface area contributed by atoms with Crippen LogP contribution in [0, 0.1) is 11.8 Å². The number of piperidine rings is 1. The molecule has 2 aliphatic rings. The first kappa shape index (κ1) is 19.0. The molecule has 0 aliphatic carbocycles.